The molecule has 1 fully saturated rings. The first kappa shape index (κ1) is 14.0. The van der Waals surface area contributed by atoms with E-state index >= 15 is 0 Å². The van der Waals surface area contributed by atoms with Crippen LogP contribution in [-0.2, 0) is 9.84 Å². The summed E-state index contributed by atoms with van der Waals surface area (Å²) in [5, 5.41) is 3.29. The van der Waals surface area contributed by atoms with E-state index in [1.165, 1.54) is 19.3 Å². The van der Waals surface area contributed by atoms with E-state index in [4.69, 9.17) is 0 Å². The van der Waals surface area contributed by atoms with Crippen LogP contribution in [-0.4, -0.2) is 32.0 Å². The van der Waals surface area contributed by atoms with Crippen molar-refractivity contribution in [2.45, 2.75) is 57.2 Å². The highest BCUT2D eigenvalue weighted by atomic mass is 32.2. The Morgan fingerprint density at radius 2 is 1.88 bits per heavy atom. The lowest BCUT2D eigenvalue weighted by molar-refractivity contribution is 0.412. The maximum Gasteiger partial charge on any atom is 0.155 e. The lowest BCUT2D eigenvalue weighted by atomic mass is 10.0. The molecule has 0 aliphatic heterocycles. The molecule has 1 aliphatic carbocycles. The largest absolute Gasteiger partial charge is 0.317 e. The Kier molecular flexibility index (Phi) is 4.41. The maximum atomic E-state index is 12.0. The molecule has 0 amide bonds. The Balaban J connectivity index is 2.52. The van der Waals surface area contributed by atoms with Gasteiger partial charge in [-0.3, -0.25) is 0 Å². The predicted octanol–water partition coefficient (Wildman–Crippen LogP) is 1.98. The summed E-state index contributed by atoms with van der Waals surface area (Å²) in [4.78, 5) is 0. The first-order chi connectivity index (χ1) is 7.28. The van der Waals surface area contributed by atoms with Gasteiger partial charge >= 0.3 is 0 Å². The van der Waals surface area contributed by atoms with Gasteiger partial charge in [0.1, 0.15) is 0 Å². The van der Waals surface area contributed by atoms with E-state index in [-0.39, 0.29) is 0 Å². The molecule has 0 spiro atoms. The lowest BCUT2D eigenvalue weighted by Gasteiger charge is -2.23. The molecule has 0 saturated heterocycles. The van der Waals surface area contributed by atoms with E-state index in [1.807, 2.05) is 7.05 Å². The molecular weight excluding hydrogens is 222 g/mol. The van der Waals surface area contributed by atoms with Crippen molar-refractivity contribution in [1.29, 1.82) is 0 Å². The SMILES string of the molecule is CNC1CCCC1CCS(=O)(=O)C(C)(C)C. The molecule has 4 heteroatoms. The zero-order valence-corrected chi connectivity index (χ0v) is 11.7. The van der Waals surface area contributed by atoms with Crippen molar-refractivity contribution in [3.05, 3.63) is 0 Å². The van der Waals surface area contributed by atoms with Gasteiger partial charge in [-0.2, -0.15) is 0 Å². The summed E-state index contributed by atoms with van der Waals surface area (Å²) in [5.74, 6) is 0.876. The van der Waals surface area contributed by atoms with Gasteiger partial charge in [-0.1, -0.05) is 6.42 Å². The van der Waals surface area contributed by atoms with Gasteiger partial charge in [0.25, 0.3) is 0 Å². The van der Waals surface area contributed by atoms with E-state index in [1.54, 1.807) is 20.8 Å². The molecule has 1 rings (SSSR count). The first-order valence-corrected chi connectivity index (χ1v) is 7.83. The fourth-order valence-corrected chi connectivity index (χ4v) is 3.60. The molecule has 96 valence electrons. The zero-order chi connectivity index (χ0) is 12.4. The number of hydrogen-bond donors (Lipinski definition) is 1. The van der Waals surface area contributed by atoms with Gasteiger partial charge in [-0.25, -0.2) is 8.42 Å². The Morgan fingerprint density at radius 3 is 2.38 bits per heavy atom. The van der Waals surface area contributed by atoms with Gasteiger partial charge < -0.3 is 5.32 Å². The van der Waals surface area contributed by atoms with Crippen LogP contribution >= 0.6 is 0 Å². The van der Waals surface area contributed by atoms with Crippen molar-refractivity contribution in [3.8, 4) is 0 Å². The van der Waals surface area contributed by atoms with Gasteiger partial charge in [0, 0.05) is 6.04 Å². The third-order valence-corrected chi connectivity index (χ3v) is 6.36. The van der Waals surface area contributed by atoms with E-state index in [9.17, 15) is 8.42 Å². The Bertz CT molecular complexity index is 316. The third kappa shape index (κ3) is 3.20. The molecule has 1 N–H and O–H groups in total. The van der Waals surface area contributed by atoms with Gasteiger partial charge in [0.05, 0.1) is 10.5 Å². The zero-order valence-electron chi connectivity index (χ0n) is 10.9. The van der Waals surface area contributed by atoms with Crippen molar-refractivity contribution in [3.63, 3.8) is 0 Å². The van der Waals surface area contributed by atoms with E-state index in [2.05, 4.69) is 5.32 Å². The van der Waals surface area contributed by atoms with Crippen molar-refractivity contribution in [2.24, 2.45) is 5.92 Å². The van der Waals surface area contributed by atoms with Gasteiger partial charge in [0.2, 0.25) is 0 Å². The minimum absolute atomic E-state index is 0.333. The Labute approximate surface area is 99.9 Å². The highest BCUT2D eigenvalue weighted by Gasteiger charge is 2.32. The molecule has 2 atom stereocenters. The second kappa shape index (κ2) is 5.05. The minimum Gasteiger partial charge on any atom is -0.317 e. The molecule has 0 aromatic rings. The molecule has 0 radical (unpaired) electrons. The van der Waals surface area contributed by atoms with Crippen LogP contribution in [0.25, 0.3) is 0 Å². The van der Waals surface area contributed by atoms with Gasteiger partial charge in [-0.05, 0) is 53.0 Å². The van der Waals surface area contributed by atoms with Crippen LogP contribution in [0.5, 0.6) is 0 Å². The normalized spacial score (nSPS) is 27.2. The predicted molar refractivity (Wildman–Crippen MR) is 68.3 cm³/mol. The molecule has 0 heterocycles. The fourth-order valence-electron chi connectivity index (χ4n) is 2.38. The van der Waals surface area contributed by atoms with Crippen molar-refractivity contribution in [1.82, 2.24) is 5.32 Å². The number of nitrogens with one attached hydrogen (secondary N) is 1. The van der Waals surface area contributed by atoms with Crippen molar-refractivity contribution in [2.75, 3.05) is 12.8 Å². The summed E-state index contributed by atoms with van der Waals surface area (Å²) in [6, 6.07) is 0.523. The molecule has 3 nitrogen and oxygen atoms in total. The molecule has 0 bridgehead atoms. The molecule has 2 unspecified atom stereocenters. The van der Waals surface area contributed by atoms with Gasteiger partial charge in [-0.15, -0.1) is 0 Å². The molecule has 0 aromatic heterocycles. The maximum absolute atomic E-state index is 12.0. The average molecular weight is 247 g/mol. The van der Waals surface area contributed by atoms with Crippen LogP contribution < -0.4 is 5.32 Å². The van der Waals surface area contributed by atoms with Crippen LogP contribution in [0, 0.1) is 5.92 Å². The fraction of sp³-hybridized carbons (Fsp3) is 1.00. The molecular formula is C12H25NO2S. The van der Waals surface area contributed by atoms with Crippen LogP contribution in [0.2, 0.25) is 0 Å². The lowest BCUT2D eigenvalue weighted by Crippen LogP contribution is -2.34. The molecule has 1 saturated carbocycles. The molecule has 16 heavy (non-hydrogen) atoms. The topological polar surface area (TPSA) is 46.2 Å². The van der Waals surface area contributed by atoms with E-state index in [0.29, 0.717) is 17.7 Å². The minimum atomic E-state index is -2.94. The monoisotopic (exact) mass is 247 g/mol. The van der Waals surface area contributed by atoms with Crippen LogP contribution in [0.1, 0.15) is 46.5 Å². The number of rotatable bonds is 4. The summed E-state index contributed by atoms with van der Waals surface area (Å²) in [7, 11) is -0.971. The summed E-state index contributed by atoms with van der Waals surface area (Å²) in [6.45, 7) is 5.35. The standard InChI is InChI=1S/C12H25NO2S/c1-12(2,3)16(14,15)9-8-10-6-5-7-11(10)13-4/h10-11,13H,5-9H2,1-4H3. The first-order valence-electron chi connectivity index (χ1n) is 6.17. The number of sulfone groups is 1. The molecule has 0 aromatic carbocycles. The second-order valence-electron chi connectivity index (χ2n) is 5.81. The smallest absolute Gasteiger partial charge is 0.155 e. The highest BCUT2D eigenvalue weighted by molar-refractivity contribution is 7.92. The van der Waals surface area contributed by atoms with Gasteiger partial charge in [0.15, 0.2) is 9.84 Å². The third-order valence-electron chi connectivity index (χ3n) is 3.72. The Hall–Kier alpha value is -0.0900. The highest BCUT2D eigenvalue weighted by Crippen LogP contribution is 2.29. The van der Waals surface area contributed by atoms with Crippen molar-refractivity contribution >= 4 is 9.84 Å². The van der Waals surface area contributed by atoms with E-state index in [0.717, 1.165) is 6.42 Å². The van der Waals surface area contributed by atoms with Crippen LogP contribution in [0.15, 0.2) is 0 Å². The van der Waals surface area contributed by atoms with Crippen LogP contribution in [0.3, 0.4) is 0 Å². The summed E-state index contributed by atoms with van der Waals surface area (Å²) in [6.07, 6.45) is 4.40. The summed E-state index contributed by atoms with van der Waals surface area (Å²) in [5.41, 5.74) is 0. The summed E-state index contributed by atoms with van der Waals surface area (Å²) < 4.78 is 23.4. The quantitative estimate of drug-likeness (QED) is 0.826. The molecule has 1 aliphatic rings. The second-order valence-corrected chi connectivity index (χ2v) is 8.67. The Morgan fingerprint density at radius 1 is 1.25 bits per heavy atom. The van der Waals surface area contributed by atoms with E-state index < -0.39 is 14.6 Å². The summed E-state index contributed by atoms with van der Waals surface area (Å²) >= 11 is 0. The van der Waals surface area contributed by atoms with Crippen molar-refractivity contribution < 1.29 is 8.42 Å². The average Bonchev–Trinajstić information content (AvgIpc) is 2.60. The van der Waals surface area contributed by atoms with Crippen LogP contribution in [0.4, 0.5) is 0 Å². The number of hydrogen-bond acceptors (Lipinski definition) is 3.